The second-order valence-corrected chi connectivity index (χ2v) is 6.29. The molecule has 16 heavy (non-hydrogen) atoms. The van der Waals surface area contributed by atoms with Crippen molar-refractivity contribution in [2.75, 3.05) is 0 Å². The fourth-order valence-electron chi connectivity index (χ4n) is 1.42. The first-order valence-electron chi connectivity index (χ1n) is 4.79. The Labute approximate surface area is 111 Å². The van der Waals surface area contributed by atoms with Gasteiger partial charge in [-0.1, -0.05) is 39.7 Å². The van der Waals surface area contributed by atoms with Crippen LogP contribution in [0.15, 0.2) is 36.4 Å². The minimum absolute atomic E-state index is 0.200. The van der Waals surface area contributed by atoms with E-state index in [1.807, 2.05) is 12.1 Å². The third-order valence-corrected chi connectivity index (χ3v) is 4.70. The molecule has 1 aromatic carbocycles. The first kappa shape index (κ1) is 12.1. The Morgan fingerprint density at radius 3 is 2.44 bits per heavy atom. The van der Waals surface area contributed by atoms with Crippen LogP contribution < -0.4 is 0 Å². The van der Waals surface area contributed by atoms with E-state index in [1.54, 1.807) is 23.5 Å². The molecule has 0 nitrogen and oxygen atoms in total. The van der Waals surface area contributed by atoms with E-state index >= 15 is 0 Å². The van der Waals surface area contributed by atoms with Crippen molar-refractivity contribution in [3.05, 3.63) is 57.0 Å². The van der Waals surface area contributed by atoms with E-state index in [2.05, 4.69) is 15.9 Å². The lowest BCUT2D eigenvalue weighted by Gasteiger charge is -2.07. The lowest BCUT2D eigenvalue weighted by molar-refractivity contribution is 0.627. The van der Waals surface area contributed by atoms with Gasteiger partial charge in [-0.25, -0.2) is 4.39 Å². The summed E-state index contributed by atoms with van der Waals surface area (Å²) in [5, 5.41) is 0. The van der Waals surface area contributed by atoms with Gasteiger partial charge in [-0.2, -0.15) is 0 Å². The summed E-state index contributed by atoms with van der Waals surface area (Å²) in [5.74, 6) is -0.200. The first-order valence-corrected chi connectivity index (χ1v) is 6.90. The van der Waals surface area contributed by atoms with Crippen LogP contribution in [0.5, 0.6) is 0 Å². The molecule has 4 heteroatoms. The fourth-order valence-corrected chi connectivity index (χ4v) is 3.27. The average molecular weight is 320 g/mol. The highest BCUT2D eigenvalue weighted by molar-refractivity contribution is 9.09. The molecule has 0 saturated heterocycles. The summed E-state index contributed by atoms with van der Waals surface area (Å²) in [6.45, 7) is 0. The molecule has 0 aliphatic heterocycles. The van der Waals surface area contributed by atoms with E-state index in [0.29, 0.717) is 0 Å². The van der Waals surface area contributed by atoms with Crippen LogP contribution in [0, 0.1) is 5.82 Å². The van der Waals surface area contributed by atoms with Gasteiger partial charge in [-0.15, -0.1) is 11.3 Å². The third-order valence-electron chi connectivity index (χ3n) is 2.23. The summed E-state index contributed by atoms with van der Waals surface area (Å²) in [6, 6.07) is 10.5. The van der Waals surface area contributed by atoms with E-state index in [4.69, 9.17) is 11.6 Å². The predicted octanol–water partition coefficient (Wildman–Crippen LogP) is 5.22. The SMILES string of the molecule is Fc1ccc(CC(Br)c2ccc(Cl)s2)cc1. The Balaban J connectivity index is 2.07. The van der Waals surface area contributed by atoms with Crippen LogP contribution in [-0.2, 0) is 6.42 Å². The zero-order valence-electron chi connectivity index (χ0n) is 8.29. The highest BCUT2D eigenvalue weighted by atomic mass is 79.9. The lowest BCUT2D eigenvalue weighted by atomic mass is 10.1. The zero-order chi connectivity index (χ0) is 11.5. The van der Waals surface area contributed by atoms with Crippen molar-refractivity contribution in [3.63, 3.8) is 0 Å². The van der Waals surface area contributed by atoms with Gasteiger partial charge in [0.2, 0.25) is 0 Å². The van der Waals surface area contributed by atoms with Crippen LogP contribution in [0.25, 0.3) is 0 Å². The van der Waals surface area contributed by atoms with Crippen LogP contribution in [0.4, 0.5) is 4.39 Å². The van der Waals surface area contributed by atoms with Crippen LogP contribution in [0.2, 0.25) is 4.34 Å². The number of halogens is 3. The van der Waals surface area contributed by atoms with Crippen LogP contribution in [0.3, 0.4) is 0 Å². The molecule has 84 valence electrons. The Morgan fingerprint density at radius 2 is 1.88 bits per heavy atom. The molecule has 0 spiro atoms. The zero-order valence-corrected chi connectivity index (χ0v) is 11.4. The Hall–Kier alpha value is -0.380. The fraction of sp³-hybridized carbons (Fsp3) is 0.167. The molecule has 0 N–H and O–H groups in total. The van der Waals surface area contributed by atoms with Crippen LogP contribution in [-0.4, -0.2) is 0 Å². The number of hydrogen-bond donors (Lipinski definition) is 0. The number of hydrogen-bond acceptors (Lipinski definition) is 1. The predicted molar refractivity (Wildman–Crippen MR) is 71.1 cm³/mol. The first-order chi connectivity index (χ1) is 7.65. The van der Waals surface area contributed by atoms with Gasteiger partial charge in [0.05, 0.1) is 9.16 Å². The smallest absolute Gasteiger partial charge is 0.123 e. The van der Waals surface area contributed by atoms with Crippen molar-refractivity contribution in [2.24, 2.45) is 0 Å². The van der Waals surface area contributed by atoms with Gasteiger partial charge >= 0.3 is 0 Å². The third kappa shape index (κ3) is 3.06. The molecule has 2 rings (SSSR count). The Bertz CT molecular complexity index is 466. The van der Waals surface area contributed by atoms with Gasteiger partial charge in [-0.3, -0.25) is 0 Å². The van der Waals surface area contributed by atoms with Gasteiger partial charge in [-0.05, 0) is 36.2 Å². The van der Waals surface area contributed by atoms with Crippen molar-refractivity contribution >= 4 is 38.9 Å². The highest BCUT2D eigenvalue weighted by Crippen LogP contribution is 2.34. The summed E-state index contributed by atoms with van der Waals surface area (Å²) in [4.78, 5) is 1.42. The van der Waals surface area contributed by atoms with Crippen molar-refractivity contribution in [1.82, 2.24) is 0 Å². The highest BCUT2D eigenvalue weighted by Gasteiger charge is 2.10. The summed E-state index contributed by atoms with van der Waals surface area (Å²) < 4.78 is 13.5. The Morgan fingerprint density at radius 1 is 1.19 bits per heavy atom. The summed E-state index contributed by atoms with van der Waals surface area (Å²) >= 11 is 11.1. The van der Waals surface area contributed by atoms with Crippen LogP contribution >= 0.6 is 38.9 Å². The summed E-state index contributed by atoms with van der Waals surface area (Å²) in [5.41, 5.74) is 1.10. The minimum atomic E-state index is -0.200. The van der Waals surface area contributed by atoms with Crippen molar-refractivity contribution < 1.29 is 4.39 Å². The average Bonchev–Trinajstić information content (AvgIpc) is 2.68. The standard InChI is InChI=1S/C12H9BrClFS/c13-10(11-5-6-12(14)16-11)7-8-1-3-9(15)4-2-8/h1-6,10H,7H2. The quantitative estimate of drug-likeness (QED) is 0.680. The largest absolute Gasteiger partial charge is 0.207 e. The van der Waals surface area contributed by atoms with Crippen LogP contribution in [0.1, 0.15) is 15.3 Å². The van der Waals surface area contributed by atoms with Gasteiger partial charge in [0.15, 0.2) is 0 Å². The van der Waals surface area contributed by atoms with E-state index in [9.17, 15) is 4.39 Å². The monoisotopic (exact) mass is 318 g/mol. The molecule has 1 aromatic heterocycles. The van der Waals surface area contributed by atoms with Gasteiger partial charge in [0, 0.05) is 4.88 Å². The Kier molecular flexibility index (Phi) is 4.00. The number of rotatable bonds is 3. The molecule has 0 saturated carbocycles. The summed E-state index contributed by atoms with van der Waals surface area (Å²) in [7, 11) is 0. The van der Waals surface area contributed by atoms with Gasteiger partial charge < -0.3 is 0 Å². The van der Waals surface area contributed by atoms with Crippen molar-refractivity contribution in [1.29, 1.82) is 0 Å². The second kappa shape index (κ2) is 5.30. The molecule has 0 aliphatic rings. The maximum atomic E-state index is 12.7. The topological polar surface area (TPSA) is 0 Å². The molecular formula is C12H9BrClFS. The van der Waals surface area contributed by atoms with Crippen molar-refractivity contribution in [3.8, 4) is 0 Å². The number of benzene rings is 1. The number of thiophene rings is 1. The molecule has 1 heterocycles. The van der Waals surface area contributed by atoms with E-state index in [1.165, 1.54) is 17.0 Å². The maximum Gasteiger partial charge on any atom is 0.123 e. The summed E-state index contributed by atoms with van der Waals surface area (Å²) in [6.07, 6.45) is 0.830. The van der Waals surface area contributed by atoms with Gasteiger partial charge in [0.1, 0.15) is 5.82 Å². The number of alkyl halides is 1. The van der Waals surface area contributed by atoms with Crippen molar-refractivity contribution in [2.45, 2.75) is 11.2 Å². The molecule has 0 radical (unpaired) electrons. The normalized spacial score (nSPS) is 12.7. The molecule has 1 atom stereocenters. The van der Waals surface area contributed by atoms with E-state index in [-0.39, 0.29) is 10.6 Å². The molecular weight excluding hydrogens is 311 g/mol. The molecule has 0 amide bonds. The molecule has 0 bridgehead atoms. The molecule has 0 fully saturated rings. The molecule has 0 aliphatic carbocycles. The van der Waals surface area contributed by atoms with E-state index < -0.39 is 0 Å². The van der Waals surface area contributed by atoms with E-state index in [0.717, 1.165) is 16.3 Å². The molecule has 2 aromatic rings. The van der Waals surface area contributed by atoms with Gasteiger partial charge in [0.25, 0.3) is 0 Å². The second-order valence-electron chi connectivity index (χ2n) is 3.44. The lowest BCUT2D eigenvalue weighted by Crippen LogP contribution is -1.92. The maximum absolute atomic E-state index is 12.7. The minimum Gasteiger partial charge on any atom is -0.207 e. The molecule has 1 unspecified atom stereocenters.